The van der Waals surface area contributed by atoms with Gasteiger partial charge in [0.1, 0.15) is 0 Å². The average Bonchev–Trinajstić information content (AvgIpc) is 2.74. The molecule has 30 heavy (non-hydrogen) atoms. The van der Waals surface area contributed by atoms with Gasteiger partial charge >= 0.3 is 0 Å². The molecular formula is C23H21ClN2O3S. The molecule has 0 radical (unpaired) electrons. The van der Waals surface area contributed by atoms with Crippen LogP contribution in [0.3, 0.4) is 0 Å². The highest BCUT2D eigenvalue weighted by Crippen LogP contribution is 2.30. The zero-order valence-electron chi connectivity index (χ0n) is 16.4. The monoisotopic (exact) mass is 440 g/mol. The van der Waals surface area contributed by atoms with E-state index in [0.717, 1.165) is 5.56 Å². The van der Waals surface area contributed by atoms with Crippen LogP contribution in [0.1, 0.15) is 15.9 Å². The molecule has 0 atom stereocenters. The molecule has 0 aliphatic rings. The number of anilines is 2. The minimum Gasteiger partial charge on any atom is -0.322 e. The van der Waals surface area contributed by atoms with E-state index >= 15 is 0 Å². The minimum atomic E-state index is -3.98. The fourth-order valence-electron chi connectivity index (χ4n) is 2.86. The number of carbonyl (C=O) groups excluding carboxylic acids is 1. The number of rotatable bonds is 7. The van der Waals surface area contributed by atoms with Crippen molar-refractivity contribution in [1.82, 2.24) is 0 Å². The summed E-state index contributed by atoms with van der Waals surface area (Å²) in [5.74, 6) is -0.399. The molecule has 0 saturated carbocycles. The van der Waals surface area contributed by atoms with Crippen LogP contribution in [0.25, 0.3) is 0 Å². The van der Waals surface area contributed by atoms with Crippen LogP contribution in [-0.4, -0.2) is 20.9 Å². The lowest BCUT2D eigenvalue weighted by Crippen LogP contribution is -2.31. The van der Waals surface area contributed by atoms with E-state index in [-0.39, 0.29) is 17.0 Å². The van der Waals surface area contributed by atoms with E-state index in [9.17, 15) is 13.2 Å². The number of nitrogens with zero attached hydrogens (tertiary/aromatic N) is 1. The smallest absolute Gasteiger partial charge is 0.264 e. The number of para-hydroxylation sites is 1. The largest absolute Gasteiger partial charge is 0.322 e. The van der Waals surface area contributed by atoms with E-state index in [1.54, 1.807) is 42.5 Å². The predicted octanol–water partition coefficient (Wildman–Crippen LogP) is 5.28. The van der Waals surface area contributed by atoms with Crippen molar-refractivity contribution < 1.29 is 13.2 Å². The van der Waals surface area contributed by atoms with Crippen LogP contribution in [0.2, 0.25) is 5.02 Å². The molecule has 3 aromatic carbocycles. The molecular weight excluding hydrogens is 420 g/mol. The Morgan fingerprint density at radius 3 is 2.43 bits per heavy atom. The van der Waals surface area contributed by atoms with Gasteiger partial charge in [-0.15, -0.1) is 6.58 Å². The Hall–Kier alpha value is -3.09. The zero-order valence-corrected chi connectivity index (χ0v) is 18.0. The van der Waals surface area contributed by atoms with Crippen molar-refractivity contribution in [3.8, 4) is 0 Å². The number of hydrogen-bond acceptors (Lipinski definition) is 3. The number of hydrogen-bond donors (Lipinski definition) is 1. The lowest BCUT2D eigenvalue weighted by molar-refractivity contribution is 0.102. The van der Waals surface area contributed by atoms with Crippen molar-refractivity contribution in [2.45, 2.75) is 11.8 Å². The van der Waals surface area contributed by atoms with Crippen molar-refractivity contribution in [2.24, 2.45) is 0 Å². The molecule has 1 N–H and O–H groups in total. The fraction of sp³-hybridized carbons (Fsp3) is 0.0870. The van der Waals surface area contributed by atoms with E-state index in [2.05, 4.69) is 11.9 Å². The van der Waals surface area contributed by atoms with Crippen LogP contribution >= 0.6 is 11.6 Å². The van der Waals surface area contributed by atoms with E-state index in [0.29, 0.717) is 16.4 Å². The summed E-state index contributed by atoms with van der Waals surface area (Å²) in [6.45, 7) is 5.63. The van der Waals surface area contributed by atoms with Gasteiger partial charge in [0.2, 0.25) is 0 Å². The van der Waals surface area contributed by atoms with Crippen LogP contribution in [0, 0.1) is 6.92 Å². The molecule has 154 valence electrons. The topological polar surface area (TPSA) is 66.5 Å². The van der Waals surface area contributed by atoms with Gasteiger partial charge in [-0.3, -0.25) is 9.10 Å². The summed E-state index contributed by atoms with van der Waals surface area (Å²) in [6.07, 6.45) is 1.48. The number of sulfonamides is 1. The summed E-state index contributed by atoms with van der Waals surface area (Å²) < 4.78 is 27.8. The highest BCUT2D eigenvalue weighted by Gasteiger charge is 2.26. The first-order valence-electron chi connectivity index (χ1n) is 9.19. The molecule has 3 rings (SSSR count). The number of aryl methyl sites for hydroxylation is 1. The highest BCUT2D eigenvalue weighted by molar-refractivity contribution is 7.92. The summed E-state index contributed by atoms with van der Waals surface area (Å²) in [7, 11) is -3.98. The molecule has 0 aromatic heterocycles. The maximum absolute atomic E-state index is 13.3. The van der Waals surface area contributed by atoms with Crippen LogP contribution in [0.5, 0.6) is 0 Å². The van der Waals surface area contributed by atoms with Crippen molar-refractivity contribution in [3.05, 3.63) is 102 Å². The second-order valence-electron chi connectivity index (χ2n) is 6.62. The fourth-order valence-corrected chi connectivity index (χ4v) is 4.65. The van der Waals surface area contributed by atoms with Crippen LogP contribution < -0.4 is 9.62 Å². The van der Waals surface area contributed by atoms with Gasteiger partial charge in [-0.05, 0) is 49.4 Å². The normalized spacial score (nSPS) is 11.0. The zero-order chi connectivity index (χ0) is 21.7. The predicted molar refractivity (Wildman–Crippen MR) is 122 cm³/mol. The Bertz CT molecular complexity index is 1180. The lowest BCUT2D eigenvalue weighted by atomic mass is 10.2. The lowest BCUT2D eigenvalue weighted by Gasteiger charge is -2.24. The number of carbonyl (C=O) groups is 1. The third-order valence-electron chi connectivity index (χ3n) is 4.41. The van der Waals surface area contributed by atoms with Gasteiger partial charge in [-0.25, -0.2) is 8.42 Å². The van der Waals surface area contributed by atoms with Crippen molar-refractivity contribution in [3.63, 3.8) is 0 Å². The molecule has 0 fully saturated rings. The maximum atomic E-state index is 13.3. The molecule has 0 saturated heterocycles. The first-order valence-corrected chi connectivity index (χ1v) is 11.0. The minimum absolute atomic E-state index is 0.0131. The van der Waals surface area contributed by atoms with Crippen molar-refractivity contribution in [2.75, 3.05) is 16.2 Å². The quantitative estimate of drug-likeness (QED) is 0.508. The standard InChI is InChI=1S/C23H21ClN2O3S/c1-3-15-26(22-10-5-4-9-21(22)24)30(28,29)20-8-6-7-18(16-20)23(27)25-19-13-11-17(2)12-14-19/h3-14,16H,1,15H2,2H3,(H,25,27). The Kier molecular flexibility index (Phi) is 6.59. The van der Waals surface area contributed by atoms with Crippen LogP contribution in [0.4, 0.5) is 11.4 Å². The molecule has 3 aromatic rings. The average molecular weight is 441 g/mol. The van der Waals surface area contributed by atoms with Gasteiger partial charge in [0.25, 0.3) is 15.9 Å². The van der Waals surface area contributed by atoms with Gasteiger partial charge in [-0.2, -0.15) is 0 Å². The molecule has 0 spiro atoms. The summed E-state index contributed by atoms with van der Waals surface area (Å²) >= 11 is 6.23. The molecule has 0 bridgehead atoms. The van der Waals surface area contributed by atoms with Gasteiger partial charge in [-0.1, -0.05) is 53.6 Å². The molecule has 5 nitrogen and oxygen atoms in total. The third-order valence-corrected chi connectivity index (χ3v) is 6.51. The molecule has 0 unspecified atom stereocenters. The summed E-state index contributed by atoms with van der Waals surface area (Å²) in [5.41, 5.74) is 2.27. The molecule has 1 amide bonds. The summed E-state index contributed by atoms with van der Waals surface area (Å²) in [5, 5.41) is 3.08. The van der Waals surface area contributed by atoms with Gasteiger partial charge in [0, 0.05) is 11.3 Å². The van der Waals surface area contributed by atoms with Crippen molar-refractivity contribution >= 4 is 38.9 Å². The second kappa shape index (κ2) is 9.15. The highest BCUT2D eigenvalue weighted by atomic mass is 35.5. The SMILES string of the molecule is C=CCN(c1ccccc1Cl)S(=O)(=O)c1cccc(C(=O)Nc2ccc(C)cc2)c1. The van der Waals surface area contributed by atoms with Crippen LogP contribution in [0.15, 0.2) is 90.3 Å². The number of amides is 1. The first-order chi connectivity index (χ1) is 14.3. The number of halogens is 1. The van der Waals surface area contributed by atoms with E-state index in [1.165, 1.54) is 28.6 Å². The molecule has 0 aliphatic carbocycles. The molecule has 7 heteroatoms. The van der Waals surface area contributed by atoms with Gasteiger partial charge in [0.05, 0.1) is 22.2 Å². The first kappa shape index (κ1) is 21.6. The van der Waals surface area contributed by atoms with Crippen LogP contribution in [-0.2, 0) is 10.0 Å². The molecule has 0 heterocycles. The van der Waals surface area contributed by atoms with Gasteiger partial charge in [0.15, 0.2) is 0 Å². The van der Waals surface area contributed by atoms with Gasteiger partial charge < -0.3 is 5.32 Å². The third kappa shape index (κ3) is 4.72. The Morgan fingerprint density at radius 1 is 1.07 bits per heavy atom. The van der Waals surface area contributed by atoms with E-state index in [1.807, 2.05) is 19.1 Å². The van der Waals surface area contributed by atoms with Crippen molar-refractivity contribution in [1.29, 1.82) is 0 Å². The second-order valence-corrected chi connectivity index (χ2v) is 8.89. The summed E-state index contributed by atoms with van der Waals surface area (Å²) in [4.78, 5) is 12.6. The van der Waals surface area contributed by atoms with E-state index < -0.39 is 15.9 Å². The number of benzene rings is 3. The Morgan fingerprint density at radius 2 is 1.77 bits per heavy atom. The molecule has 0 aliphatic heterocycles. The Balaban J connectivity index is 1.94. The summed E-state index contributed by atoms with van der Waals surface area (Å²) in [6, 6.07) is 19.9. The maximum Gasteiger partial charge on any atom is 0.264 e. The van der Waals surface area contributed by atoms with E-state index in [4.69, 9.17) is 11.6 Å². The number of nitrogens with one attached hydrogen (secondary N) is 1. The Labute approximate surface area is 181 Å².